The fourth-order valence-electron chi connectivity index (χ4n) is 7.97. The molecule has 8 atom stereocenters. The third kappa shape index (κ3) is 2.18. The van der Waals surface area contributed by atoms with Crippen LogP contribution in [0.3, 0.4) is 0 Å². The maximum atomic E-state index is 11.9. The van der Waals surface area contributed by atoms with Crippen LogP contribution in [0.2, 0.25) is 0 Å². The Hall–Kier alpha value is -0.870. The summed E-state index contributed by atoms with van der Waals surface area (Å²) in [5, 5.41) is 22.1. The van der Waals surface area contributed by atoms with E-state index < -0.39 is 12.2 Å². The lowest BCUT2D eigenvalue weighted by Crippen LogP contribution is -2.66. The van der Waals surface area contributed by atoms with Gasteiger partial charge in [0.1, 0.15) is 6.10 Å². The molecule has 4 heteroatoms. The molecule has 0 aliphatic heterocycles. The highest BCUT2D eigenvalue weighted by molar-refractivity contribution is 5.66. The Morgan fingerprint density at radius 3 is 2.50 bits per heavy atom. The molecular weight excluding hydrogens is 328 g/mol. The van der Waals surface area contributed by atoms with Crippen molar-refractivity contribution in [2.75, 3.05) is 0 Å². The molecule has 2 N–H and O–H groups in total. The number of aliphatic hydroxyl groups is 2. The summed E-state index contributed by atoms with van der Waals surface area (Å²) in [7, 11) is 0. The van der Waals surface area contributed by atoms with Crippen LogP contribution in [0.25, 0.3) is 0 Å². The van der Waals surface area contributed by atoms with E-state index in [2.05, 4.69) is 27.4 Å². The summed E-state index contributed by atoms with van der Waals surface area (Å²) in [6.45, 7) is 12.6. The van der Waals surface area contributed by atoms with Crippen LogP contribution in [0.4, 0.5) is 0 Å². The number of hydrogen-bond acceptors (Lipinski definition) is 4. The van der Waals surface area contributed by atoms with Crippen molar-refractivity contribution in [3.05, 3.63) is 12.2 Å². The topological polar surface area (TPSA) is 66.8 Å². The maximum absolute atomic E-state index is 11.9. The number of fused-ring (bicyclic) bond motifs is 3. The molecule has 0 saturated heterocycles. The summed E-state index contributed by atoms with van der Waals surface area (Å²) in [4.78, 5) is 11.9. The lowest BCUT2D eigenvalue weighted by Gasteiger charge is -2.66. The van der Waals surface area contributed by atoms with Gasteiger partial charge in [0.15, 0.2) is 0 Å². The second-order valence-electron chi connectivity index (χ2n) is 10.5. The van der Waals surface area contributed by atoms with E-state index >= 15 is 0 Å². The van der Waals surface area contributed by atoms with Gasteiger partial charge in [0.25, 0.3) is 0 Å². The van der Waals surface area contributed by atoms with E-state index in [0.29, 0.717) is 12.3 Å². The van der Waals surface area contributed by atoms with Gasteiger partial charge in [0, 0.05) is 23.7 Å². The highest BCUT2D eigenvalue weighted by atomic mass is 16.5. The van der Waals surface area contributed by atoms with Crippen molar-refractivity contribution in [3.8, 4) is 0 Å². The summed E-state index contributed by atoms with van der Waals surface area (Å²) < 4.78 is 5.88. The third-order valence-electron chi connectivity index (χ3n) is 8.94. The van der Waals surface area contributed by atoms with Crippen LogP contribution in [-0.2, 0) is 9.53 Å². The minimum atomic E-state index is -0.545. The monoisotopic (exact) mass is 362 g/mol. The van der Waals surface area contributed by atoms with Crippen LogP contribution in [0.15, 0.2) is 12.2 Å². The fourth-order valence-corrected chi connectivity index (χ4v) is 7.97. The van der Waals surface area contributed by atoms with Gasteiger partial charge >= 0.3 is 5.97 Å². The second-order valence-corrected chi connectivity index (χ2v) is 10.5. The summed E-state index contributed by atoms with van der Waals surface area (Å²) in [5.74, 6) is 0.168. The molecule has 4 aliphatic carbocycles. The van der Waals surface area contributed by atoms with E-state index in [0.717, 1.165) is 37.7 Å². The molecule has 0 aromatic rings. The third-order valence-corrected chi connectivity index (χ3v) is 8.94. The van der Waals surface area contributed by atoms with E-state index in [1.165, 1.54) is 6.92 Å². The van der Waals surface area contributed by atoms with Gasteiger partial charge < -0.3 is 14.9 Å². The van der Waals surface area contributed by atoms with Crippen molar-refractivity contribution in [2.24, 2.45) is 34.0 Å². The smallest absolute Gasteiger partial charge is 0.302 e. The molecule has 1 spiro atoms. The van der Waals surface area contributed by atoms with Crippen LogP contribution >= 0.6 is 0 Å². The molecule has 4 aliphatic rings. The Morgan fingerprint density at radius 1 is 1.15 bits per heavy atom. The molecule has 0 amide bonds. The molecule has 0 radical (unpaired) electrons. The van der Waals surface area contributed by atoms with Crippen molar-refractivity contribution in [3.63, 3.8) is 0 Å². The first-order chi connectivity index (χ1) is 12.0. The SMILES string of the molecule is C=C1C[C@@]23CC[C@@H]4C(C)(C)CC[C@H](OC(C)=O)[C@@]4(C)[C@@H]2C[C@@H](O)[C@@H]1C3O. The molecular formula is C22H34O4. The lowest BCUT2D eigenvalue weighted by molar-refractivity contribution is -0.241. The van der Waals surface area contributed by atoms with Gasteiger partial charge in [-0.15, -0.1) is 0 Å². The molecule has 4 nitrogen and oxygen atoms in total. The van der Waals surface area contributed by atoms with Crippen molar-refractivity contribution in [1.29, 1.82) is 0 Å². The molecule has 0 heterocycles. The van der Waals surface area contributed by atoms with Gasteiger partial charge in [-0.05, 0) is 55.8 Å². The normalized spacial score (nSPS) is 52.2. The summed E-state index contributed by atoms with van der Waals surface area (Å²) in [6, 6.07) is 0. The molecule has 1 unspecified atom stereocenters. The van der Waals surface area contributed by atoms with E-state index in [1.807, 2.05) is 0 Å². The largest absolute Gasteiger partial charge is 0.462 e. The van der Waals surface area contributed by atoms with Crippen molar-refractivity contribution < 1.29 is 19.7 Å². The van der Waals surface area contributed by atoms with Crippen LogP contribution in [0.1, 0.15) is 66.2 Å². The Morgan fingerprint density at radius 2 is 1.85 bits per heavy atom. The van der Waals surface area contributed by atoms with Gasteiger partial charge in [-0.25, -0.2) is 0 Å². The Labute approximate surface area is 157 Å². The van der Waals surface area contributed by atoms with Gasteiger partial charge in [0.2, 0.25) is 0 Å². The van der Waals surface area contributed by atoms with Crippen molar-refractivity contribution in [2.45, 2.75) is 84.5 Å². The van der Waals surface area contributed by atoms with E-state index in [-0.39, 0.29) is 40.2 Å². The van der Waals surface area contributed by atoms with Gasteiger partial charge in [0.05, 0.1) is 12.2 Å². The molecule has 0 aromatic carbocycles. The Bertz CT molecular complexity index is 640. The number of hydrogen-bond donors (Lipinski definition) is 2. The first-order valence-corrected chi connectivity index (χ1v) is 10.2. The highest BCUT2D eigenvalue weighted by Gasteiger charge is 2.70. The summed E-state index contributed by atoms with van der Waals surface area (Å²) >= 11 is 0. The molecule has 4 saturated carbocycles. The quantitative estimate of drug-likeness (QED) is 0.554. The minimum absolute atomic E-state index is 0.134. The van der Waals surface area contributed by atoms with Crippen LogP contribution < -0.4 is 0 Å². The average Bonchev–Trinajstić information content (AvgIpc) is 2.68. The number of aliphatic hydroxyl groups excluding tert-OH is 2. The first kappa shape index (κ1) is 18.5. The zero-order valence-electron chi connectivity index (χ0n) is 16.6. The first-order valence-electron chi connectivity index (χ1n) is 10.2. The minimum Gasteiger partial charge on any atom is -0.462 e. The number of carbonyl (C=O) groups is 1. The van der Waals surface area contributed by atoms with Gasteiger partial charge in [-0.3, -0.25) is 4.79 Å². The average molecular weight is 363 g/mol. The summed E-state index contributed by atoms with van der Waals surface area (Å²) in [6.07, 6.45) is 4.22. The Balaban J connectivity index is 1.83. The Kier molecular flexibility index (Phi) is 3.96. The number of rotatable bonds is 1. The van der Waals surface area contributed by atoms with Crippen molar-refractivity contribution in [1.82, 2.24) is 0 Å². The van der Waals surface area contributed by atoms with E-state index in [4.69, 9.17) is 4.74 Å². The number of esters is 1. The number of carbonyl (C=O) groups excluding carboxylic acids is 1. The lowest BCUT2D eigenvalue weighted by atomic mass is 9.40. The summed E-state index contributed by atoms with van der Waals surface area (Å²) in [5.41, 5.74) is 0.755. The van der Waals surface area contributed by atoms with Crippen LogP contribution in [0, 0.1) is 34.0 Å². The standard InChI is InChI=1S/C22H34O4/c1-12-11-22-9-6-15-20(3,4)8-7-17(26-13(2)23)21(15,5)16(22)10-14(24)18(12)19(22)25/h14-19,24-25H,1,6-11H2,2-5H3/t14-,15-,16+,17+,18-,19?,21-,22+/m1/s1. The maximum Gasteiger partial charge on any atom is 0.302 e. The second kappa shape index (κ2) is 5.57. The van der Waals surface area contributed by atoms with Gasteiger partial charge in [-0.1, -0.05) is 32.9 Å². The van der Waals surface area contributed by atoms with E-state index in [9.17, 15) is 15.0 Å². The highest BCUT2D eigenvalue weighted by Crippen LogP contribution is 2.72. The predicted molar refractivity (Wildman–Crippen MR) is 99.2 cm³/mol. The fraction of sp³-hybridized carbons (Fsp3) is 0.864. The number of ether oxygens (including phenoxy) is 1. The zero-order chi connectivity index (χ0) is 19.1. The zero-order valence-corrected chi connectivity index (χ0v) is 16.6. The van der Waals surface area contributed by atoms with E-state index in [1.54, 1.807) is 0 Å². The van der Waals surface area contributed by atoms with Crippen molar-refractivity contribution >= 4 is 5.97 Å². The molecule has 26 heavy (non-hydrogen) atoms. The molecule has 0 aromatic heterocycles. The molecule has 146 valence electrons. The van der Waals surface area contributed by atoms with Gasteiger partial charge in [-0.2, -0.15) is 0 Å². The molecule has 4 fully saturated rings. The van der Waals surface area contributed by atoms with Crippen LogP contribution in [0.5, 0.6) is 0 Å². The van der Waals surface area contributed by atoms with Crippen LogP contribution in [-0.4, -0.2) is 34.5 Å². The molecule has 4 rings (SSSR count). The molecule has 2 bridgehead atoms. The predicted octanol–water partition coefficient (Wildman–Crippen LogP) is 3.46.